The van der Waals surface area contributed by atoms with Crippen molar-refractivity contribution in [1.29, 1.82) is 0 Å². The summed E-state index contributed by atoms with van der Waals surface area (Å²) in [7, 11) is 0. The van der Waals surface area contributed by atoms with E-state index in [0.717, 1.165) is 38.0 Å². The van der Waals surface area contributed by atoms with Crippen LogP contribution in [0.2, 0.25) is 0 Å². The number of fused-ring (bicyclic) bond motifs is 5. The summed E-state index contributed by atoms with van der Waals surface area (Å²) in [6.45, 7) is 2.26. The van der Waals surface area contributed by atoms with Crippen molar-refractivity contribution in [3.63, 3.8) is 0 Å². The van der Waals surface area contributed by atoms with Gasteiger partial charge in [-0.25, -0.2) is 0 Å². The van der Waals surface area contributed by atoms with Crippen LogP contribution in [-0.4, -0.2) is 23.0 Å². The standard InChI is InChI=1S/C18H27NO2/c1-18-7-6-13-12-5-3-11(20)8-10(12)2-4-14(13)15(18)9-16(21)17(18)19/h2,11-15,17,20H,3-9,19H2,1H3/t11-,12+,13-,14-,15+,17?,18+/m1/s1. The molecular weight excluding hydrogens is 262 g/mol. The number of carbonyl (C=O) groups is 1. The highest BCUT2D eigenvalue weighted by molar-refractivity contribution is 5.87. The summed E-state index contributed by atoms with van der Waals surface area (Å²) in [6, 6.07) is -0.234. The molecule has 4 aliphatic rings. The van der Waals surface area contributed by atoms with Gasteiger partial charge in [-0.1, -0.05) is 18.6 Å². The van der Waals surface area contributed by atoms with Gasteiger partial charge in [-0.15, -0.1) is 0 Å². The molecule has 3 nitrogen and oxygen atoms in total. The van der Waals surface area contributed by atoms with Crippen LogP contribution in [0.15, 0.2) is 11.6 Å². The zero-order chi connectivity index (χ0) is 14.8. The summed E-state index contributed by atoms with van der Waals surface area (Å²) in [5.41, 5.74) is 7.79. The number of aliphatic hydroxyl groups is 1. The number of ketones is 1. The Bertz CT molecular complexity index is 499. The number of carbonyl (C=O) groups excluding carboxylic acids is 1. The summed E-state index contributed by atoms with van der Waals surface area (Å²) in [5.74, 6) is 2.82. The summed E-state index contributed by atoms with van der Waals surface area (Å²) in [4.78, 5) is 12.2. The molecule has 0 aromatic rings. The third-order valence-corrected chi connectivity index (χ3v) is 7.34. The number of hydrogen-bond acceptors (Lipinski definition) is 3. The number of allylic oxidation sites excluding steroid dienone is 1. The van der Waals surface area contributed by atoms with Crippen LogP contribution in [0, 0.1) is 29.1 Å². The molecule has 0 saturated heterocycles. The topological polar surface area (TPSA) is 63.3 Å². The van der Waals surface area contributed by atoms with Gasteiger partial charge in [0.25, 0.3) is 0 Å². The van der Waals surface area contributed by atoms with Crippen LogP contribution in [0.1, 0.15) is 51.9 Å². The fourth-order valence-electron chi connectivity index (χ4n) is 6.08. The van der Waals surface area contributed by atoms with Crippen LogP contribution < -0.4 is 5.73 Å². The van der Waals surface area contributed by atoms with Crippen molar-refractivity contribution in [3.05, 3.63) is 11.6 Å². The van der Waals surface area contributed by atoms with Gasteiger partial charge in [0.2, 0.25) is 0 Å². The first-order valence-electron chi connectivity index (χ1n) is 8.66. The molecule has 3 heteroatoms. The molecule has 0 aromatic heterocycles. The van der Waals surface area contributed by atoms with Crippen LogP contribution >= 0.6 is 0 Å². The molecule has 7 atom stereocenters. The number of aliphatic hydroxyl groups excluding tert-OH is 1. The van der Waals surface area contributed by atoms with Gasteiger partial charge in [0.05, 0.1) is 12.1 Å². The molecule has 0 heterocycles. The van der Waals surface area contributed by atoms with Crippen molar-refractivity contribution in [3.8, 4) is 0 Å². The molecule has 0 amide bonds. The zero-order valence-corrected chi connectivity index (χ0v) is 12.9. The fraction of sp³-hybridized carbons (Fsp3) is 0.833. The molecular formula is C18H27NO2. The van der Waals surface area contributed by atoms with E-state index in [1.165, 1.54) is 12.0 Å². The SMILES string of the molecule is C[C@]12CC[C@H]3[C@@H](CC=C4C[C@H](O)CC[C@@H]43)[C@@H]1CC(=O)C2N. The molecule has 21 heavy (non-hydrogen) atoms. The van der Waals surface area contributed by atoms with Gasteiger partial charge in [0.15, 0.2) is 0 Å². The Labute approximate surface area is 127 Å². The molecule has 3 saturated carbocycles. The first-order valence-corrected chi connectivity index (χ1v) is 8.66. The van der Waals surface area contributed by atoms with E-state index in [1.807, 2.05) is 0 Å². The maximum atomic E-state index is 12.2. The first kappa shape index (κ1) is 14.0. The van der Waals surface area contributed by atoms with E-state index >= 15 is 0 Å². The number of nitrogens with two attached hydrogens (primary N) is 1. The minimum absolute atomic E-state index is 0.0395. The van der Waals surface area contributed by atoms with Crippen LogP contribution in [0.5, 0.6) is 0 Å². The summed E-state index contributed by atoms with van der Waals surface area (Å²) in [5, 5.41) is 9.90. The first-order chi connectivity index (χ1) is 10.0. The maximum Gasteiger partial charge on any atom is 0.150 e. The monoisotopic (exact) mass is 289 g/mol. The van der Waals surface area contributed by atoms with E-state index in [2.05, 4.69) is 13.0 Å². The minimum atomic E-state index is -0.234. The number of Topliss-reactive ketones (excluding diaryl/α,β-unsaturated/α-hetero) is 1. The summed E-state index contributed by atoms with van der Waals surface area (Å²) < 4.78 is 0. The van der Waals surface area contributed by atoms with Crippen molar-refractivity contribution in [1.82, 2.24) is 0 Å². The predicted octanol–water partition coefficient (Wildman–Crippen LogP) is 2.43. The molecule has 0 aromatic carbocycles. The lowest BCUT2D eigenvalue weighted by molar-refractivity contribution is -0.119. The molecule has 1 unspecified atom stereocenters. The van der Waals surface area contributed by atoms with Gasteiger partial charge in [0.1, 0.15) is 5.78 Å². The second-order valence-electron chi connectivity index (χ2n) is 8.18. The van der Waals surface area contributed by atoms with E-state index in [0.29, 0.717) is 24.2 Å². The Morgan fingerprint density at radius 3 is 2.86 bits per heavy atom. The minimum Gasteiger partial charge on any atom is -0.393 e. The Hall–Kier alpha value is -0.670. The van der Waals surface area contributed by atoms with Crippen molar-refractivity contribution < 1.29 is 9.90 Å². The molecule has 116 valence electrons. The summed E-state index contributed by atoms with van der Waals surface area (Å²) in [6.07, 6.45) is 9.38. The maximum absolute atomic E-state index is 12.2. The highest BCUT2D eigenvalue weighted by atomic mass is 16.3. The molecule has 0 bridgehead atoms. The van der Waals surface area contributed by atoms with Crippen molar-refractivity contribution >= 4 is 5.78 Å². The van der Waals surface area contributed by atoms with Crippen LogP contribution in [-0.2, 0) is 4.79 Å². The normalized spacial score (nSPS) is 52.7. The molecule has 3 fully saturated rings. The largest absolute Gasteiger partial charge is 0.393 e. The second kappa shape index (κ2) is 4.66. The van der Waals surface area contributed by atoms with Gasteiger partial charge >= 0.3 is 0 Å². The van der Waals surface area contributed by atoms with Gasteiger partial charge < -0.3 is 10.8 Å². The molecule has 4 rings (SSSR count). The van der Waals surface area contributed by atoms with E-state index in [-0.39, 0.29) is 23.3 Å². The van der Waals surface area contributed by atoms with E-state index in [9.17, 15) is 9.90 Å². The van der Waals surface area contributed by atoms with Gasteiger partial charge in [0, 0.05) is 6.42 Å². The van der Waals surface area contributed by atoms with E-state index < -0.39 is 0 Å². The Morgan fingerprint density at radius 2 is 2.05 bits per heavy atom. The average Bonchev–Trinajstić information content (AvgIpc) is 2.70. The van der Waals surface area contributed by atoms with Crippen molar-refractivity contribution in [2.75, 3.05) is 0 Å². The predicted molar refractivity (Wildman–Crippen MR) is 81.5 cm³/mol. The smallest absolute Gasteiger partial charge is 0.150 e. The third kappa shape index (κ3) is 1.90. The Balaban J connectivity index is 1.64. The molecule has 3 N–H and O–H groups in total. The van der Waals surface area contributed by atoms with E-state index in [1.54, 1.807) is 0 Å². The zero-order valence-electron chi connectivity index (χ0n) is 12.9. The lowest BCUT2D eigenvalue weighted by Gasteiger charge is -2.52. The summed E-state index contributed by atoms with van der Waals surface area (Å²) >= 11 is 0. The molecule has 0 aliphatic heterocycles. The molecule has 4 aliphatic carbocycles. The Kier molecular flexibility index (Phi) is 3.10. The lowest BCUT2D eigenvalue weighted by atomic mass is 9.52. The van der Waals surface area contributed by atoms with Gasteiger partial charge in [-0.2, -0.15) is 0 Å². The van der Waals surface area contributed by atoms with Gasteiger partial charge in [-0.3, -0.25) is 4.79 Å². The second-order valence-corrected chi connectivity index (χ2v) is 8.18. The Morgan fingerprint density at radius 1 is 1.24 bits per heavy atom. The molecule has 0 spiro atoms. The van der Waals surface area contributed by atoms with Crippen LogP contribution in [0.4, 0.5) is 0 Å². The number of hydrogen-bond donors (Lipinski definition) is 2. The highest BCUT2D eigenvalue weighted by Crippen LogP contribution is 2.60. The van der Waals surface area contributed by atoms with Crippen LogP contribution in [0.25, 0.3) is 0 Å². The highest BCUT2D eigenvalue weighted by Gasteiger charge is 2.57. The van der Waals surface area contributed by atoms with E-state index in [4.69, 9.17) is 5.73 Å². The quantitative estimate of drug-likeness (QED) is 0.673. The average molecular weight is 289 g/mol. The van der Waals surface area contributed by atoms with Crippen molar-refractivity contribution in [2.24, 2.45) is 34.8 Å². The molecule has 0 radical (unpaired) electrons. The van der Waals surface area contributed by atoms with Gasteiger partial charge in [-0.05, 0) is 67.6 Å². The van der Waals surface area contributed by atoms with Crippen molar-refractivity contribution in [2.45, 2.75) is 64.0 Å². The third-order valence-electron chi connectivity index (χ3n) is 7.34. The van der Waals surface area contributed by atoms with Crippen LogP contribution in [0.3, 0.4) is 0 Å². The fourth-order valence-corrected chi connectivity index (χ4v) is 6.08. The lowest BCUT2D eigenvalue weighted by Crippen LogP contribution is -2.50. The number of rotatable bonds is 0.